The van der Waals surface area contributed by atoms with Crippen molar-refractivity contribution in [2.24, 2.45) is 0 Å². The molecular weight excluding hydrogens is 531 g/mol. The van der Waals surface area contributed by atoms with Crippen LogP contribution in [0.5, 0.6) is 11.5 Å². The van der Waals surface area contributed by atoms with Crippen molar-refractivity contribution < 1.29 is 24.8 Å². The number of halogens is 2. The Labute approximate surface area is 235 Å². The fourth-order valence-corrected chi connectivity index (χ4v) is 7.55. The third-order valence-corrected chi connectivity index (χ3v) is 9.20. The van der Waals surface area contributed by atoms with Crippen molar-refractivity contribution in [3.05, 3.63) is 80.0 Å². The zero-order valence-corrected chi connectivity index (χ0v) is 26.7. The standard InChI is InChI=1S/2C11H16O.C7H8S.2ClH.Ti/c2*1-8-5-6-10(12)9(7-8)11(2,3)4;1-5-4-6(2)8-7(5)3;;;/h2*5-7,12H,1-4H3;3-4H,1-2H3;2*1H;/q;;;;;+2/p-2. The van der Waals surface area contributed by atoms with Gasteiger partial charge < -0.3 is 0 Å². The Bertz CT molecular complexity index is 1120. The second kappa shape index (κ2) is 12.4. The molecule has 1 heterocycles. The molecular formula is C29H40Cl2O2STi. The molecule has 1 aromatic heterocycles. The maximum absolute atomic E-state index is 6.79. The fourth-order valence-electron chi connectivity index (χ4n) is 3.84. The van der Waals surface area contributed by atoms with Gasteiger partial charge in [-0.05, 0) is 0 Å². The van der Waals surface area contributed by atoms with E-state index in [1.165, 1.54) is 37.6 Å². The molecule has 0 unspecified atom stereocenters. The number of aryl methyl sites for hydroxylation is 4. The Morgan fingerprint density at radius 3 is 1.46 bits per heavy atom. The topological polar surface area (TPSA) is 18.5 Å². The predicted octanol–water partition coefficient (Wildman–Crippen LogP) is 9.18. The summed E-state index contributed by atoms with van der Waals surface area (Å²) < 4.78 is 15.9. The summed E-state index contributed by atoms with van der Waals surface area (Å²) in [5.74, 6) is 1.88. The molecule has 3 aromatic rings. The van der Waals surface area contributed by atoms with Gasteiger partial charge in [0.2, 0.25) is 0 Å². The molecule has 35 heavy (non-hydrogen) atoms. The Morgan fingerprint density at radius 2 is 1.11 bits per heavy atom. The second-order valence-corrected chi connectivity index (χ2v) is 14.4. The van der Waals surface area contributed by atoms with Gasteiger partial charge >= 0.3 is 212 Å². The monoisotopic (exact) mass is 570 g/mol. The molecule has 0 saturated heterocycles. The number of rotatable bonds is 5. The fraction of sp³-hybridized carbons (Fsp3) is 0.414. The number of hydrogen-bond acceptors (Lipinski definition) is 3. The Morgan fingerprint density at radius 1 is 0.686 bits per heavy atom. The van der Waals surface area contributed by atoms with Gasteiger partial charge in [0.25, 0.3) is 0 Å². The van der Waals surface area contributed by atoms with E-state index in [0.717, 1.165) is 11.5 Å². The van der Waals surface area contributed by atoms with Crippen molar-refractivity contribution in [3.8, 4) is 11.5 Å². The van der Waals surface area contributed by atoms with Crippen LogP contribution < -0.4 is 6.64 Å². The normalized spacial score (nSPS) is 11.3. The van der Waals surface area contributed by atoms with Crippen molar-refractivity contribution in [3.63, 3.8) is 0 Å². The zero-order chi connectivity index (χ0) is 24.6. The molecule has 0 N–H and O–H groups in total. The van der Waals surface area contributed by atoms with Crippen LogP contribution in [0.4, 0.5) is 0 Å². The van der Waals surface area contributed by atoms with E-state index in [0.29, 0.717) is 0 Å². The molecule has 0 spiro atoms. The first-order valence-electron chi connectivity index (χ1n) is 11.6. The largest absolute Gasteiger partial charge is 0.147 e. The average Bonchev–Trinajstić information content (AvgIpc) is 2.99. The molecule has 0 atom stereocenters. The molecule has 0 saturated carbocycles. The minimum Gasteiger partial charge on any atom is -0.147 e. The van der Waals surface area contributed by atoms with E-state index in [2.05, 4.69) is 116 Å². The summed E-state index contributed by atoms with van der Waals surface area (Å²) in [7, 11) is 0. The first-order chi connectivity index (χ1) is 15.2. The van der Waals surface area contributed by atoms with Crippen LogP contribution in [0.3, 0.4) is 0 Å². The smallest absolute Gasteiger partial charge is 0.147 e. The third-order valence-electron chi connectivity index (χ3n) is 5.64. The van der Waals surface area contributed by atoms with E-state index in [9.17, 15) is 0 Å². The van der Waals surface area contributed by atoms with E-state index < -0.39 is 18.2 Å². The Kier molecular flexibility index (Phi) is 11.3. The first-order valence-corrected chi connectivity index (χ1v) is 14.6. The molecule has 0 radical (unpaired) electrons. The summed E-state index contributed by atoms with van der Waals surface area (Å²) in [5, 5.41) is 0. The van der Waals surface area contributed by atoms with Gasteiger partial charge in [0.15, 0.2) is 0 Å². The van der Waals surface area contributed by atoms with Gasteiger partial charge in [-0.2, -0.15) is 0 Å². The minimum absolute atomic E-state index is 0. The molecule has 3 rings (SSSR count). The zero-order valence-electron chi connectivity index (χ0n) is 22.7. The molecule has 192 valence electrons. The van der Waals surface area contributed by atoms with Crippen molar-refractivity contribution in [1.82, 2.24) is 0 Å². The van der Waals surface area contributed by atoms with E-state index in [1.54, 1.807) is 0 Å². The van der Waals surface area contributed by atoms with E-state index in [4.69, 9.17) is 6.64 Å². The van der Waals surface area contributed by atoms with Gasteiger partial charge in [-0.25, -0.2) is 0 Å². The average molecular weight is 571 g/mol. The maximum atomic E-state index is 6.79. The third kappa shape index (κ3) is 8.47. The van der Waals surface area contributed by atoms with Crippen LogP contribution in [0, 0.1) is 27.7 Å². The van der Waals surface area contributed by atoms with Crippen molar-refractivity contribution >= 4 is 40.5 Å². The minimum atomic E-state index is -2.62. The molecule has 0 amide bonds. The SMILES string of the molecule is Cc1ccc([O][Ti](=[CH]c2sc(C)cc2C)[O]c2ccc(C)cc2C(C)(C)C)c(C(C)(C)C)c1.Cl.Cl. The van der Waals surface area contributed by atoms with Crippen LogP contribution in [0.1, 0.15) is 79.1 Å². The Hall–Kier alpha value is -1.10. The van der Waals surface area contributed by atoms with Gasteiger partial charge in [-0.15, -0.1) is 24.8 Å². The summed E-state index contributed by atoms with van der Waals surface area (Å²) in [6.07, 6.45) is 0. The predicted molar refractivity (Wildman–Crippen MR) is 154 cm³/mol. The van der Waals surface area contributed by atoms with Crippen LogP contribution in [-0.2, 0) is 29.0 Å². The quantitative estimate of drug-likeness (QED) is 0.285. The molecule has 6 heteroatoms. The summed E-state index contributed by atoms with van der Waals surface area (Å²) in [6, 6.07) is 15.2. The second-order valence-electron chi connectivity index (χ2n) is 11.1. The van der Waals surface area contributed by atoms with Gasteiger partial charge in [0.05, 0.1) is 0 Å². The van der Waals surface area contributed by atoms with Crippen LogP contribution in [0.2, 0.25) is 0 Å². The number of thiophene rings is 1. The van der Waals surface area contributed by atoms with Crippen LogP contribution in [0.15, 0.2) is 42.5 Å². The Balaban J connectivity index is 0.00000306. The summed E-state index contributed by atoms with van der Waals surface area (Å²) in [6.45, 7) is 22.0. The van der Waals surface area contributed by atoms with E-state index in [-0.39, 0.29) is 35.6 Å². The maximum Gasteiger partial charge on any atom is -0.147 e. The van der Waals surface area contributed by atoms with Gasteiger partial charge in [-0.1, -0.05) is 0 Å². The number of hydrogen-bond donors (Lipinski definition) is 0. The van der Waals surface area contributed by atoms with E-state index in [1.807, 2.05) is 11.3 Å². The van der Waals surface area contributed by atoms with Crippen molar-refractivity contribution in [1.29, 1.82) is 0 Å². The van der Waals surface area contributed by atoms with E-state index >= 15 is 0 Å². The van der Waals surface area contributed by atoms with Gasteiger partial charge in [0.1, 0.15) is 0 Å². The molecule has 0 aliphatic carbocycles. The van der Waals surface area contributed by atoms with Crippen LogP contribution in [-0.4, -0.2) is 4.31 Å². The molecule has 2 nitrogen and oxygen atoms in total. The summed E-state index contributed by atoms with van der Waals surface area (Å²) in [5.41, 5.74) is 6.21. The molecule has 0 aliphatic heterocycles. The van der Waals surface area contributed by atoms with Crippen molar-refractivity contribution in [2.45, 2.75) is 80.1 Å². The molecule has 0 bridgehead atoms. The van der Waals surface area contributed by atoms with Crippen LogP contribution in [0.25, 0.3) is 0 Å². The molecule has 0 aliphatic rings. The number of benzene rings is 2. The first kappa shape index (κ1) is 31.9. The summed E-state index contributed by atoms with van der Waals surface area (Å²) >= 11 is -0.805. The van der Waals surface area contributed by atoms with Gasteiger partial charge in [-0.3, -0.25) is 0 Å². The van der Waals surface area contributed by atoms with Gasteiger partial charge in [0, 0.05) is 0 Å². The van der Waals surface area contributed by atoms with Crippen molar-refractivity contribution in [2.75, 3.05) is 0 Å². The van der Waals surface area contributed by atoms with Crippen LogP contribution >= 0.6 is 36.2 Å². The molecule has 2 aromatic carbocycles. The summed E-state index contributed by atoms with van der Waals surface area (Å²) in [4.78, 5) is 2.57. The molecule has 0 fully saturated rings.